The van der Waals surface area contributed by atoms with Crippen LogP contribution in [0.2, 0.25) is 0 Å². The summed E-state index contributed by atoms with van der Waals surface area (Å²) in [6, 6.07) is 0. The Morgan fingerprint density at radius 2 is 0.470 bits per heavy atom. The number of rotatable bonds is 67. The van der Waals surface area contributed by atoms with E-state index in [1.807, 2.05) is 0 Å². The zero-order valence-corrected chi connectivity index (χ0v) is 55.5. The summed E-state index contributed by atoms with van der Waals surface area (Å²) in [5.74, 6) is -0.852. The van der Waals surface area contributed by atoms with Gasteiger partial charge in [-0.05, 0) is 89.9 Å². The van der Waals surface area contributed by atoms with Crippen molar-refractivity contribution in [1.29, 1.82) is 0 Å². The standard InChI is InChI=1S/C77H138O6/c1-4-7-10-13-16-19-22-25-28-31-33-35-36-37-38-39-40-42-43-46-49-52-55-58-61-64-67-70-76(79)82-73-74(72-81-75(78)69-66-63-60-57-54-51-48-45-30-27-24-21-18-15-12-9-6-3)83-77(80)71-68-65-62-59-56-53-50-47-44-41-34-32-29-26-23-20-17-14-11-8-5-2/h7,10,16,19,25,28,32-35,37-38,74H,4-6,8-9,11-15,17-18,20-24,26-27,29-31,36,39-73H2,1-3H3/b10-7-,19-16-,28-25-,34-32-,35-33-,38-37-. The van der Waals surface area contributed by atoms with Crippen LogP contribution >= 0.6 is 0 Å². The van der Waals surface area contributed by atoms with Gasteiger partial charge in [0.05, 0.1) is 0 Å². The molecule has 0 heterocycles. The fraction of sp³-hybridized carbons (Fsp3) is 0.805. The second kappa shape index (κ2) is 71.3. The summed E-state index contributed by atoms with van der Waals surface area (Å²) in [4.78, 5) is 38.5. The maximum atomic E-state index is 13.0. The van der Waals surface area contributed by atoms with Crippen molar-refractivity contribution in [2.75, 3.05) is 13.2 Å². The summed E-state index contributed by atoms with van der Waals surface area (Å²) in [7, 11) is 0. The molecular weight excluding hydrogens is 1020 g/mol. The molecule has 1 unspecified atom stereocenters. The Kier molecular flexibility index (Phi) is 68.6. The van der Waals surface area contributed by atoms with E-state index in [0.717, 1.165) is 89.9 Å². The van der Waals surface area contributed by atoms with E-state index in [2.05, 4.69) is 93.7 Å². The topological polar surface area (TPSA) is 78.9 Å². The SMILES string of the molecule is CC/C=C\C/C=C\C/C=C\C/C=C\C/C=C\CCCCCCCCCCCCCC(=O)OCC(COC(=O)CCCCCCCCCCCCCCCCCCC)OC(=O)CCCCCCCCCCC/C=C\CCCCCCCCCC. The molecule has 0 aliphatic heterocycles. The van der Waals surface area contributed by atoms with Crippen LogP contribution < -0.4 is 0 Å². The van der Waals surface area contributed by atoms with Crippen molar-refractivity contribution in [1.82, 2.24) is 0 Å². The molecule has 0 radical (unpaired) electrons. The highest BCUT2D eigenvalue weighted by atomic mass is 16.6. The van der Waals surface area contributed by atoms with Gasteiger partial charge in [0.15, 0.2) is 6.10 Å². The van der Waals surface area contributed by atoms with E-state index in [-0.39, 0.29) is 31.1 Å². The fourth-order valence-electron chi connectivity index (χ4n) is 10.8. The smallest absolute Gasteiger partial charge is 0.306 e. The van der Waals surface area contributed by atoms with Crippen LogP contribution in [0, 0.1) is 0 Å². The minimum Gasteiger partial charge on any atom is -0.462 e. The highest BCUT2D eigenvalue weighted by Crippen LogP contribution is 2.18. The van der Waals surface area contributed by atoms with Crippen molar-refractivity contribution in [3.63, 3.8) is 0 Å². The van der Waals surface area contributed by atoms with Crippen molar-refractivity contribution in [2.24, 2.45) is 0 Å². The van der Waals surface area contributed by atoms with Crippen molar-refractivity contribution in [2.45, 2.75) is 386 Å². The average Bonchev–Trinajstić information content (AvgIpc) is 3.49. The van der Waals surface area contributed by atoms with Crippen molar-refractivity contribution in [3.8, 4) is 0 Å². The summed E-state index contributed by atoms with van der Waals surface area (Å²) in [5.41, 5.74) is 0. The fourth-order valence-corrected chi connectivity index (χ4v) is 10.8. The summed E-state index contributed by atoms with van der Waals surface area (Å²) in [6.07, 6.45) is 93.5. The molecule has 0 aliphatic rings. The van der Waals surface area contributed by atoms with Crippen LogP contribution in [0.1, 0.15) is 380 Å². The van der Waals surface area contributed by atoms with E-state index < -0.39 is 6.10 Å². The Hall–Kier alpha value is -3.15. The Bertz CT molecular complexity index is 1520. The van der Waals surface area contributed by atoms with E-state index in [4.69, 9.17) is 14.2 Å². The third-order valence-corrected chi connectivity index (χ3v) is 16.2. The first-order valence-electron chi connectivity index (χ1n) is 36.4. The van der Waals surface area contributed by atoms with Gasteiger partial charge < -0.3 is 14.2 Å². The van der Waals surface area contributed by atoms with Crippen LogP contribution in [0.4, 0.5) is 0 Å². The van der Waals surface area contributed by atoms with Gasteiger partial charge in [0.1, 0.15) is 13.2 Å². The van der Waals surface area contributed by atoms with Crippen LogP contribution in [0.25, 0.3) is 0 Å². The van der Waals surface area contributed by atoms with Gasteiger partial charge in [-0.15, -0.1) is 0 Å². The lowest BCUT2D eigenvalue weighted by atomic mass is 10.0. The normalized spacial score (nSPS) is 12.5. The van der Waals surface area contributed by atoms with Gasteiger partial charge in [0, 0.05) is 19.3 Å². The van der Waals surface area contributed by atoms with Gasteiger partial charge in [0.25, 0.3) is 0 Å². The van der Waals surface area contributed by atoms with E-state index >= 15 is 0 Å². The molecule has 0 saturated heterocycles. The summed E-state index contributed by atoms with van der Waals surface area (Å²) in [5, 5.41) is 0. The molecule has 6 nitrogen and oxygen atoms in total. The molecule has 0 rings (SSSR count). The minimum atomic E-state index is -0.778. The molecule has 0 amide bonds. The zero-order chi connectivity index (χ0) is 59.9. The molecule has 0 N–H and O–H groups in total. The van der Waals surface area contributed by atoms with E-state index in [0.29, 0.717) is 19.3 Å². The molecule has 0 aromatic carbocycles. The monoisotopic (exact) mass is 1160 g/mol. The molecule has 0 aromatic heterocycles. The van der Waals surface area contributed by atoms with Gasteiger partial charge >= 0.3 is 17.9 Å². The van der Waals surface area contributed by atoms with Crippen molar-refractivity contribution in [3.05, 3.63) is 72.9 Å². The average molecular weight is 1160 g/mol. The first kappa shape index (κ1) is 79.8. The summed E-state index contributed by atoms with van der Waals surface area (Å²) in [6.45, 7) is 6.59. The predicted molar refractivity (Wildman–Crippen MR) is 362 cm³/mol. The van der Waals surface area contributed by atoms with Crippen LogP contribution in [0.15, 0.2) is 72.9 Å². The second-order valence-electron chi connectivity index (χ2n) is 24.5. The molecule has 6 heteroatoms. The van der Waals surface area contributed by atoms with Gasteiger partial charge in [-0.1, -0.05) is 344 Å². The summed E-state index contributed by atoms with van der Waals surface area (Å²) >= 11 is 0. The van der Waals surface area contributed by atoms with Gasteiger partial charge in [-0.2, -0.15) is 0 Å². The Morgan fingerprint density at radius 1 is 0.253 bits per heavy atom. The van der Waals surface area contributed by atoms with E-state index in [1.54, 1.807) is 0 Å². The molecule has 0 bridgehead atoms. The molecule has 0 saturated carbocycles. The lowest BCUT2D eigenvalue weighted by Crippen LogP contribution is -2.30. The Balaban J connectivity index is 4.32. The minimum absolute atomic E-state index is 0.0719. The maximum absolute atomic E-state index is 13.0. The molecule has 482 valence electrons. The second-order valence-corrected chi connectivity index (χ2v) is 24.5. The van der Waals surface area contributed by atoms with Gasteiger partial charge in [-0.3, -0.25) is 14.4 Å². The maximum Gasteiger partial charge on any atom is 0.306 e. The molecule has 83 heavy (non-hydrogen) atoms. The van der Waals surface area contributed by atoms with Crippen LogP contribution in [0.5, 0.6) is 0 Å². The molecule has 0 aromatic rings. The van der Waals surface area contributed by atoms with Crippen molar-refractivity contribution < 1.29 is 28.6 Å². The largest absolute Gasteiger partial charge is 0.462 e. The number of allylic oxidation sites excluding steroid dienone is 12. The Morgan fingerprint density at radius 3 is 0.747 bits per heavy atom. The third-order valence-electron chi connectivity index (χ3n) is 16.2. The summed E-state index contributed by atoms with van der Waals surface area (Å²) < 4.78 is 17.0. The zero-order valence-electron chi connectivity index (χ0n) is 55.5. The lowest BCUT2D eigenvalue weighted by molar-refractivity contribution is -0.167. The van der Waals surface area contributed by atoms with E-state index in [9.17, 15) is 14.4 Å². The Labute approximate surface area is 516 Å². The van der Waals surface area contributed by atoms with Crippen molar-refractivity contribution >= 4 is 17.9 Å². The number of carbonyl (C=O) groups is 3. The van der Waals surface area contributed by atoms with Crippen LogP contribution in [0.3, 0.4) is 0 Å². The molecule has 0 fully saturated rings. The van der Waals surface area contributed by atoms with Crippen LogP contribution in [-0.2, 0) is 28.6 Å². The molecule has 0 spiro atoms. The number of ether oxygens (including phenoxy) is 3. The highest BCUT2D eigenvalue weighted by molar-refractivity contribution is 5.71. The first-order chi connectivity index (χ1) is 41.0. The lowest BCUT2D eigenvalue weighted by Gasteiger charge is -2.18. The number of carbonyl (C=O) groups excluding carboxylic acids is 3. The third kappa shape index (κ3) is 69.5. The van der Waals surface area contributed by atoms with E-state index in [1.165, 1.54) is 250 Å². The predicted octanol–water partition coefficient (Wildman–Crippen LogP) is 25.2. The molecule has 0 aliphatic carbocycles. The highest BCUT2D eigenvalue weighted by Gasteiger charge is 2.19. The quantitative estimate of drug-likeness (QED) is 0.0261. The molecular formula is C77H138O6. The number of esters is 3. The van der Waals surface area contributed by atoms with Gasteiger partial charge in [0.2, 0.25) is 0 Å². The van der Waals surface area contributed by atoms with Crippen LogP contribution in [-0.4, -0.2) is 37.2 Å². The van der Waals surface area contributed by atoms with Gasteiger partial charge in [-0.25, -0.2) is 0 Å². The number of unbranched alkanes of at least 4 members (excludes halogenated alkanes) is 44. The molecule has 1 atom stereocenters. The first-order valence-corrected chi connectivity index (χ1v) is 36.4. The number of hydrogen-bond acceptors (Lipinski definition) is 6. The number of hydrogen-bond donors (Lipinski definition) is 0.